The first-order chi connectivity index (χ1) is 10.5. The molecule has 0 unspecified atom stereocenters. The second kappa shape index (κ2) is 6.91. The van der Waals surface area contributed by atoms with Crippen molar-refractivity contribution in [1.29, 1.82) is 0 Å². The predicted octanol–water partition coefficient (Wildman–Crippen LogP) is 3.55. The molecule has 0 amide bonds. The minimum absolute atomic E-state index is 0.0223. The minimum Gasteiger partial charge on any atom is -0.495 e. The largest absolute Gasteiger partial charge is 0.495 e. The Balaban J connectivity index is 2.06. The van der Waals surface area contributed by atoms with Crippen molar-refractivity contribution < 1.29 is 14.5 Å². The van der Waals surface area contributed by atoms with Crippen molar-refractivity contribution >= 4 is 28.8 Å². The van der Waals surface area contributed by atoms with Gasteiger partial charge in [-0.15, -0.1) is 0 Å². The van der Waals surface area contributed by atoms with E-state index in [0.29, 0.717) is 22.0 Å². The van der Waals surface area contributed by atoms with Crippen molar-refractivity contribution in [2.45, 2.75) is 0 Å². The molecule has 7 heteroatoms. The van der Waals surface area contributed by atoms with Crippen LogP contribution in [-0.2, 0) is 0 Å². The fraction of sp³-hybridized carbons (Fsp3) is 0.133. The summed E-state index contributed by atoms with van der Waals surface area (Å²) in [6.07, 6.45) is 0. The molecule has 2 aromatic carbocycles. The number of hydrogen-bond acceptors (Lipinski definition) is 5. The Morgan fingerprint density at radius 2 is 1.95 bits per heavy atom. The highest BCUT2D eigenvalue weighted by molar-refractivity contribution is 6.31. The topological polar surface area (TPSA) is 81.5 Å². The van der Waals surface area contributed by atoms with E-state index in [9.17, 15) is 14.9 Å². The molecule has 0 fully saturated rings. The summed E-state index contributed by atoms with van der Waals surface area (Å²) in [4.78, 5) is 22.1. The first-order valence-electron chi connectivity index (χ1n) is 6.36. The van der Waals surface area contributed by atoms with Gasteiger partial charge in [-0.25, -0.2) is 0 Å². The van der Waals surface area contributed by atoms with Crippen molar-refractivity contribution in [3.8, 4) is 5.75 Å². The van der Waals surface area contributed by atoms with Crippen molar-refractivity contribution in [1.82, 2.24) is 0 Å². The van der Waals surface area contributed by atoms with Crippen LogP contribution >= 0.6 is 11.6 Å². The summed E-state index contributed by atoms with van der Waals surface area (Å²) in [6.45, 7) is 0.0223. The van der Waals surface area contributed by atoms with Crippen molar-refractivity contribution in [3.05, 3.63) is 63.2 Å². The van der Waals surface area contributed by atoms with Crippen molar-refractivity contribution in [2.75, 3.05) is 19.0 Å². The molecule has 0 bridgehead atoms. The zero-order valence-electron chi connectivity index (χ0n) is 11.7. The number of Topliss-reactive ketones (excluding diaryl/α,β-unsaturated/α-hetero) is 1. The Morgan fingerprint density at radius 1 is 1.27 bits per heavy atom. The van der Waals surface area contributed by atoms with Crippen LogP contribution in [0.5, 0.6) is 5.75 Å². The lowest BCUT2D eigenvalue weighted by molar-refractivity contribution is -0.384. The number of ketones is 1. The monoisotopic (exact) mass is 320 g/mol. The third-order valence-electron chi connectivity index (χ3n) is 3.00. The molecule has 0 spiro atoms. The zero-order chi connectivity index (χ0) is 16.1. The lowest BCUT2D eigenvalue weighted by atomic mass is 10.1. The average molecular weight is 321 g/mol. The molecule has 1 N–H and O–H groups in total. The van der Waals surface area contributed by atoms with Gasteiger partial charge >= 0.3 is 0 Å². The number of nitro groups is 1. The molecule has 0 radical (unpaired) electrons. The maximum atomic E-state index is 12.1. The molecule has 0 saturated carbocycles. The van der Waals surface area contributed by atoms with Gasteiger partial charge < -0.3 is 10.1 Å². The second-order valence-corrected chi connectivity index (χ2v) is 4.86. The first kappa shape index (κ1) is 15.8. The van der Waals surface area contributed by atoms with E-state index < -0.39 is 4.92 Å². The van der Waals surface area contributed by atoms with Crippen molar-refractivity contribution in [3.63, 3.8) is 0 Å². The predicted molar refractivity (Wildman–Crippen MR) is 83.9 cm³/mol. The van der Waals surface area contributed by atoms with Crippen molar-refractivity contribution in [2.24, 2.45) is 0 Å². The Morgan fingerprint density at radius 3 is 2.55 bits per heavy atom. The summed E-state index contributed by atoms with van der Waals surface area (Å²) < 4.78 is 5.17. The van der Waals surface area contributed by atoms with Crippen LogP contribution in [0.1, 0.15) is 10.4 Å². The van der Waals surface area contributed by atoms with Gasteiger partial charge in [-0.3, -0.25) is 14.9 Å². The SMILES string of the molecule is COc1ccc(Cl)cc1NCC(=O)c1ccc([N+](=O)[O-])cc1. The molecule has 0 saturated heterocycles. The molecular weight excluding hydrogens is 308 g/mol. The molecule has 0 heterocycles. The van der Waals surface area contributed by atoms with Gasteiger partial charge in [0.05, 0.1) is 24.3 Å². The van der Waals surface area contributed by atoms with Crippen LogP contribution in [-0.4, -0.2) is 24.4 Å². The molecule has 0 aliphatic carbocycles. The Hall–Kier alpha value is -2.60. The number of halogens is 1. The summed E-state index contributed by atoms with van der Waals surface area (Å²) >= 11 is 5.91. The maximum absolute atomic E-state index is 12.1. The van der Waals surface area contributed by atoms with Gasteiger partial charge in [-0.1, -0.05) is 11.6 Å². The number of non-ortho nitro benzene ring substituents is 1. The van der Waals surface area contributed by atoms with E-state index in [0.717, 1.165) is 0 Å². The van der Waals surface area contributed by atoms with Gasteiger partial charge in [0.2, 0.25) is 0 Å². The molecular formula is C15H13ClN2O4. The highest BCUT2D eigenvalue weighted by Gasteiger charge is 2.11. The average Bonchev–Trinajstić information content (AvgIpc) is 2.52. The standard InChI is InChI=1S/C15H13ClN2O4/c1-22-15-7-4-11(16)8-13(15)17-9-14(19)10-2-5-12(6-3-10)18(20)21/h2-8,17H,9H2,1H3. The molecule has 6 nitrogen and oxygen atoms in total. The van der Waals surface area contributed by atoms with E-state index in [1.807, 2.05) is 0 Å². The van der Waals surface area contributed by atoms with Crippen LogP contribution in [0.25, 0.3) is 0 Å². The lowest BCUT2D eigenvalue weighted by Gasteiger charge is -2.11. The molecule has 0 atom stereocenters. The van der Waals surface area contributed by atoms with Crippen LogP contribution < -0.4 is 10.1 Å². The highest BCUT2D eigenvalue weighted by atomic mass is 35.5. The molecule has 2 aromatic rings. The van der Waals surface area contributed by atoms with E-state index in [1.54, 1.807) is 18.2 Å². The number of rotatable bonds is 6. The van der Waals surface area contributed by atoms with Crippen LogP contribution in [0.4, 0.5) is 11.4 Å². The van der Waals surface area contributed by atoms with Crippen LogP contribution in [0.2, 0.25) is 5.02 Å². The van der Waals surface area contributed by atoms with Gasteiger partial charge in [0.15, 0.2) is 5.78 Å². The number of ether oxygens (including phenoxy) is 1. The van der Waals surface area contributed by atoms with Crippen LogP contribution in [0.15, 0.2) is 42.5 Å². The maximum Gasteiger partial charge on any atom is 0.269 e. The highest BCUT2D eigenvalue weighted by Crippen LogP contribution is 2.27. The number of nitrogens with zero attached hydrogens (tertiary/aromatic N) is 1. The van der Waals surface area contributed by atoms with Crippen LogP contribution in [0, 0.1) is 10.1 Å². The van der Waals surface area contributed by atoms with E-state index in [2.05, 4.69) is 5.32 Å². The third-order valence-corrected chi connectivity index (χ3v) is 3.24. The van der Waals surface area contributed by atoms with E-state index >= 15 is 0 Å². The quantitative estimate of drug-likeness (QED) is 0.500. The number of nitrogens with one attached hydrogen (secondary N) is 1. The Kier molecular flexibility index (Phi) is 4.95. The summed E-state index contributed by atoms with van der Waals surface area (Å²) in [6, 6.07) is 10.5. The van der Waals surface area contributed by atoms with Gasteiger partial charge in [0, 0.05) is 22.7 Å². The lowest BCUT2D eigenvalue weighted by Crippen LogP contribution is -2.14. The molecule has 2 rings (SSSR count). The zero-order valence-corrected chi connectivity index (χ0v) is 12.5. The fourth-order valence-corrected chi connectivity index (χ4v) is 2.04. The summed E-state index contributed by atoms with van der Waals surface area (Å²) in [5.41, 5.74) is 0.936. The van der Waals surface area contributed by atoms with E-state index in [4.69, 9.17) is 16.3 Å². The van der Waals surface area contributed by atoms with Gasteiger partial charge in [-0.2, -0.15) is 0 Å². The van der Waals surface area contributed by atoms with Gasteiger partial charge in [-0.05, 0) is 30.3 Å². The van der Waals surface area contributed by atoms with Gasteiger partial charge in [0.25, 0.3) is 5.69 Å². The summed E-state index contributed by atoms with van der Waals surface area (Å²) in [5.74, 6) is 0.373. The first-order valence-corrected chi connectivity index (χ1v) is 6.74. The minimum atomic E-state index is -0.511. The van der Waals surface area contributed by atoms with E-state index in [-0.39, 0.29) is 18.0 Å². The molecule has 0 aromatic heterocycles. The van der Waals surface area contributed by atoms with E-state index in [1.165, 1.54) is 31.4 Å². The molecule has 0 aliphatic heterocycles. The number of nitro benzene ring substituents is 1. The van der Waals surface area contributed by atoms with Crippen LogP contribution in [0.3, 0.4) is 0 Å². The number of carbonyl (C=O) groups is 1. The number of methoxy groups -OCH3 is 1. The number of anilines is 1. The third kappa shape index (κ3) is 3.73. The normalized spacial score (nSPS) is 10.1. The Labute approximate surface area is 131 Å². The number of benzene rings is 2. The molecule has 0 aliphatic rings. The van der Waals surface area contributed by atoms with Gasteiger partial charge in [0.1, 0.15) is 5.75 Å². The molecule has 114 valence electrons. The smallest absolute Gasteiger partial charge is 0.269 e. The summed E-state index contributed by atoms with van der Waals surface area (Å²) in [7, 11) is 1.52. The fourth-order valence-electron chi connectivity index (χ4n) is 1.86. The number of hydrogen-bond donors (Lipinski definition) is 1. The second-order valence-electron chi connectivity index (χ2n) is 4.43. The summed E-state index contributed by atoms with van der Waals surface area (Å²) in [5, 5.41) is 14.0. The Bertz CT molecular complexity index is 701. The molecule has 22 heavy (non-hydrogen) atoms. The number of carbonyl (C=O) groups excluding carboxylic acids is 1.